The molecule has 0 fully saturated rings. The summed E-state index contributed by atoms with van der Waals surface area (Å²) < 4.78 is 1.10. The van der Waals surface area contributed by atoms with Crippen LogP contribution in [0.5, 0.6) is 0 Å². The van der Waals surface area contributed by atoms with E-state index in [1.165, 1.54) is 5.56 Å². The fourth-order valence-electron chi connectivity index (χ4n) is 2.34. The molecule has 106 valence electrons. The molecule has 2 rings (SSSR count). The number of hydrogen-bond acceptors (Lipinski definition) is 3. The largest absolute Gasteiger partial charge is 0.329 e. The number of aromatic nitrogens is 1. The monoisotopic (exact) mass is 333 g/mol. The van der Waals surface area contributed by atoms with Crippen LogP contribution < -0.4 is 5.73 Å². The van der Waals surface area contributed by atoms with Crippen LogP contribution >= 0.6 is 15.9 Å². The average Bonchev–Trinajstić information content (AvgIpc) is 2.41. The fraction of sp³-hybridized carbons (Fsp3) is 0.312. The number of nitrogens with two attached hydrogens (primary N) is 1. The first-order chi connectivity index (χ1) is 9.61. The van der Waals surface area contributed by atoms with Crippen molar-refractivity contribution in [3.05, 3.63) is 63.9 Å². The molecule has 0 aliphatic rings. The van der Waals surface area contributed by atoms with Gasteiger partial charge in [-0.2, -0.15) is 0 Å². The molecule has 0 radical (unpaired) electrons. The maximum absolute atomic E-state index is 5.98. The highest BCUT2D eigenvalue weighted by atomic mass is 79.9. The first-order valence-electron chi connectivity index (χ1n) is 6.69. The molecule has 20 heavy (non-hydrogen) atoms. The lowest BCUT2D eigenvalue weighted by Crippen LogP contribution is -2.30. The van der Waals surface area contributed by atoms with Gasteiger partial charge in [-0.25, -0.2) is 0 Å². The molecule has 1 unspecified atom stereocenters. The highest BCUT2D eigenvalue weighted by Gasteiger charge is 2.18. The Morgan fingerprint density at radius 1 is 1.20 bits per heavy atom. The Kier molecular flexibility index (Phi) is 5.29. The first kappa shape index (κ1) is 15.2. The van der Waals surface area contributed by atoms with Gasteiger partial charge in [0.15, 0.2) is 0 Å². The highest BCUT2D eigenvalue weighted by molar-refractivity contribution is 9.10. The van der Waals surface area contributed by atoms with Crippen LogP contribution in [-0.2, 0) is 6.54 Å². The molecule has 3 nitrogen and oxygen atoms in total. The van der Waals surface area contributed by atoms with E-state index in [4.69, 9.17) is 5.73 Å². The summed E-state index contributed by atoms with van der Waals surface area (Å²) >= 11 is 3.61. The molecule has 1 atom stereocenters. The molecule has 0 spiro atoms. The number of halogens is 1. The molecule has 2 N–H and O–H groups in total. The lowest BCUT2D eigenvalue weighted by molar-refractivity contribution is 0.238. The average molecular weight is 334 g/mol. The molecule has 1 heterocycles. The third-order valence-corrected chi connectivity index (χ3v) is 4.10. The molecule has 2 aromatic rings. The summed E-state index contributed by atoms with van der Waals surface area (Å²) in [6.45, 7) is 3.37. The van der Waals surface area contributed by atoms with E-state index in [2.05, 4.69) is 51.1 Å². The minimum Gasteiger partial charge on any atom is -0.329 e. The van der Waals surface area contributed by atoms with Crippen molar-refractivity contribution < 1.29 is 0 Å². The van der Waals surface area contributed by atoms with E-state index in [0.29, 0.717) is 6.54 Å². The number of likely N-dealkylation sites (N-methyl/N-ethyl adjacent to an activating group) is 1. The number of aryl methyl sites for hydroxylation is 1. The SMILES string of the molecule is Cc1cccc(CN(C)C(CN)c2ccccc2Br)n1. The lowest BCUT2D eigenvalue weighted by atomic mass is 10.1. The van der Waals surface area contributed by atoms with Crippen LogP contribution in [0, 0.1) is 6.92 Å². The van der Waals surface area contributed by atoms with E-state index < -0.39 is 0 Å². The number of hydrogen-bond donors (Lipinski definition) is 1. The molecular formula is C16H20BrN3. The van der Waals surface area contributed by atoms with E-state index in [1.54, 1.807) is 0 Å². The molecule has 0 aliphatic heterocycles. The zero-order valence-electron chi connectivity index (χ0n) is 11.9. The van der Waals surface area contributed by atoms with Crippen molar-refractivity contribution in [2.75, 3.05) is 13.6 Å². The van der Waals surface area contributed by atoms with E-state index in [9.17, 15) is 0 Å². The molecule has 0 saturated carbocycles. The van der Waals surface area contributed by atoms with Crippen molar-refractivity contribution in [2.24, 2.45) is 5.73 Å². The van der Waals surface area contributed by atoms with Gasteiger partial charge in [-0.3, -0.25) is 9.88 Å². The van der Waals surface area contributed by atoms with Crippen LogP contribution in [0.15, 0.2) is 46.9 Å². The predicted molar refractivity (Wildman–Crippen MR) is 86.4 cm³/mol. The van der Waals surface area contributed by atoms with Crippen LogP contribution in [0.3, 0.4) is 0 Å². The molecule has 0 aliphatic carbocycles. The lowest BCUT2D eigenvalue weighted by Gasteiger charge is -2.28. The third-order valence-electron chi connectivity index (χ3n) is 3.38. The van der Waals surface area contributed by atoms with Gasteiger partial charge in [-0.1, -0.05) is 40.2 Å². The summed E-state index contributed by atoms with van der Waals surface area (Å²) in [5.41, 5.74) is 9.30. The van der Waals surface area contributed by atoms with Gasteiger partial charge in [-0.15, -0.1) is 0 Å². The Morgan fingerprint density at radius 3 is 2.60 bits per heavy atom. The van der Waals surface area contributed by atoms with Crippen molar-refractivity contribution in [3.63, 3.8) is 0 Å². The van der Waals surface area contributed by atoms with Crippen molar-refractivity contribution in [1.29, 1.82) is 0 Å². The normalized spacial score (nSPS) is 12.7. The van der Waals surface area contributed by atoms with Gasteiger partial charge < -0.3 is 5.73 Å². The van der Waals surface area contributed by atoms with Gasteiger partial charge in [0.2, 0.25) is 0 Å². The van der Waals surface area contributed by atoms with Crippen LogP contribution in [0.1, 0.15) is 23.0 Å². The van der Waals surface area contributed by atoms with Crippen LogP contribution in [-0.4, -0.2) is 23.5 Å². The maximum atomic E-state index is 5.98. The summed E-state index contributed by atoms with van der Waals surface area (Å²) in [6.07, 6.45) is 0. The van der Waals surface area contributed by atoms with Gasteiger partial charge in [0, 0.05) is 29.3 Å². The number of nitrogens with zero attached hydrogens (tertiary/aromatic N) is 2. The maximum Gasteiger partial charge on any atom is 0.0547 e. The van der Waals surface area contributed by atoms with Crippen molar-refractivity contribution in [1.82, 2.24) is 9.88 Å². The van der Waals surface area contributed by atoms with Gasteiger partial charge in [0.1, 0.15) is 0 Å². The smallest absolute Gasteiger partial charge is 0.0547 e. The predicted octanol–water partition coefficient (Wildman–Crippen LogP) is 3.28. The van der Waals surface area contributed by atoms with Crippen LogP contribution in [0.4, 0.5) is 0 Å². The van der Waals surface area contributed by atoms with Crippen molar-refractivity contribution >= 4 is 15.9 Å². The number of benzene rings is 1. The minimum atomic E-state index is 0.174. The second-order valence-electron chi connectivity index (χ2n) is 4.96. The van der Waals surface area contributed by atoms with Gasteiger partial charge >= 0.3 is 0 Å². The first-order valence-corrected chi connectivity index (χ1v) is 7.48. The zero-order chi connectivity index (χ0) is 14.5. The Bertz CT molecular complexity index is 571. The summed E-state index contributed by atoms with van der Waals surface area (Å²) in [7, 11) is 2.08. The summed E-state index contributed by atoms with van der Waals surface area (Å²) in [6, 6.07) is 14.5. The van der Waals surface area contributed by atoms with Crippen molar-refractivity contribution in [3.8, 4) is 0 Å². The summed E-state index contributed by atoms with van der Waals surface area (Å²) in [5, 5.41) is 0. The molecule has 0 bridgehead atoms. The van der Waals surface area contributed by atoms with E-state index in [0.717, 1.165) is 22.4 Å². The Hall–Kier alpha value is -1.23. The number of rotatable bonds is 5. The van der Waals surface area contributed by atoms with Gasteiger partial charge in [0.05, 0.1) is 5.69 Å². The topological polar surface area (TPSA) is 42.1 Å². The van der Waals surface area contributed by atoms with Gasteiger partial charge in [0.25, 0.3) is 0 Å². The van der Waals surface area contributed by atoms with E-state index in [1.807, 2.05) is 31.2 Å². The summed E-state index contributed by atoms with van der Waals surface area (Å²) in [5.74, 6) is 0. The Morgan fingerprint density at radius 2 is 1.95 bits per heavy atom. The van der Waals surface area contributed by atoms with E-state index >= 15 is 0 Å². The Labute approximate surface area is 129 Å². The van der Waals surface area contributed by atoms with Gasteiger partial charge in [-0.05, 0) is 37.7 Å². The van der Waals surface area contributed by atoms with E-state index in [-0.39, 0.29) is 6.04 Å². The quantitative estimate of drug-likeness (QED) is 0.912. The third kappa shape index (κ3) is 3.66. The fourth-order valence-corrected chi connectivity index (χ4v) is 2.89. The van der Waals surface area contributed by atoms with Crippen LogP contribution in [0.2, 0.25) is 0 Å². The molecule has 4 heteroatoms. The van der Waals surface area contributed by atoms with Crippen molar-refractivity contribution in [2.45, 2.75) is 19.5 Å². The molecule has 1 aromatic heterocycles. The molecule has 1 aromatic carbocycles. The highest BCUT2D eigenvalue weighted by Crippen LogP contribution is 2.27. The summed E-state index contributed by atoms with van der Waals surface area (Å²) in [4.78, 5) is 6.79. The minimum absolute atomic E-state index is 0.174. The molecule has 0 saturated heterocycles. The molecule has 0 amide bonds. The second-order valence-corrected chi connectivity index (χ2v) is 5.81. The Balaban J connectivity index is 2.18. The number of pyridine rings is 1. The molecular weight excluding hydrogens is 314 g/mol. The standard InChI is InChI=1S/C16H20BrN3/c1-12-6-5-7-13(19-12)11-20(2)16(10-18)14-8-3-4-9-15(14)17/h3-9,16H,10-11,18H2,1-2H3. The van der Waals surface area contributed by atoms with Crippen LogP contribution in [0.25, 0.3) is 0 Å². The zero-order valence-corrected chi connectivity index (χ0v) is 13.5. The second kappa shape index (κ2) is 6.97.